The number of benzene rings is 1. The number of hydrogen-bond acceptors (Lipinski definition) is 4. The number of rotatable bonds is 5. The van der Waals surface area contributed by atoms with Crippen molar-refractivity contribution in [3.8, 4) is 0 Å². The topological polar surface area (TPSA) is 55.2 Å². The second-order valence-electron chi connectivity index (χ2n) is 4.16. The summed E-state index contributed by atoms with van der Waals surface area (Å²) in [5.41, 5.74) is 0.803. The first kappa shape index (κ1) is 14.0. The molecule has 0 aliphatic heterocycles. The van der Waals surface area contributed by atoms with Crippen molar-refractivity contribution < 1.29 is 4.92 Å². The molecule has 1 heterocycles. The zero-order valence-electron chi connectivity index (χ0n) is 10.4. The Morgan fingerprint density at radius 2 is 2.11 bits per heavy atom. The molecule has 100 valence electrons. The zero-order valence-corrected chi connectivity index (χ0v) is 11.9. The van der Waals surface area contributed by atoms with E-state index in [4.69, 9.17) is 11.6 Å². The van der Waals surface area contributed by atoms with Crippen molar-refractivity contribution in [1.29, 1.82) is 0 Å². The Labute approximate surface area is 120 Å². The van der Waals surface area contributed by atoms with E-state index in [0.29, 0.717) is 6.54 Å². The molecule has 0 unspecified atom stereocenters. The molecule has 0 amide bonds. The molecule has 19 heavy (non-hydrogen) atoms. The maximum atomic E-state index is 10.8. The van der Waals surface area contributed by atoms with Gasteiger partial charge in [0.1, 0.15) is 5.02 Å². The zero-order chi connectivity index (χ0) is 13.8. The molecule has 2 rings (SSSR count). The first-order valence-electron chi connectivity index (χ1n) is 5.75. The highest BCUT2D eigenvalue weighted by molar-refractivity contribution is 7.11. The highest BCUT2D eigenvalue weighted by atomic mass is 35.5. The Kier molecular flexibility index (Phi) is 4.52. The highest BCUT2D eigenvalue weighted by Crippen LogP contribution is 2.25. The predicted octanol–water partition coefficient (Wildman–Crippen LogP) is 3.91. The van der Waals surface area contributed by atoms with Gasteiger partial charge in [0.2, 0.25) is 0 Å². The molecule has 0 saturated carbocycles. The molecule has 0 aliphatic carbocycles. The van der Waals surface area contributed by atoms with E-state index in [0.717, 1.165) is 12.1 Å². The molecule has 6 heteroatoms. The van der Waals surface area contributed by atoms with Gasteiger partial charge in [-0.2, -0.15) is 0 Å². The lowest BCUT2D eigenvalue weighted by molar-refractivity contribution is -0.384. The van der Waals surface area contributed by atoms with Crippen LogP contribution >= 0.6 is 22.9 Å². The molecular formula is C13H13ClN2O2S. The van der Waals surface area contributed by atoms with Crippen LogP contribution in [0.15, 0.2) is 30.3 Å². The Morgan fingerprint density at radius 1 is 1.32 bits per heavy atom. The quantitative estimate of drug-likeness (QED) is 0.672. The van der Waals surface area contributed by atoms with Gasteiger partial charge in [-0.3, -0.25) is 10.1 Å². The van der Waals surface area contributed by atoms with E-state index < -0.39 is 4.92 Å². The molecule has 2 aromatic rings. The third-order valence-corrected chi connectivity index (χ3v) is 3.95. The maximum absolute atomic E-state index is 10.8. The van der Waals surface area contributed by atoms with Gasteiger partial charge >= 0.3 is 0 Å². The first-order valence-corrected chi connectivity index (χ1v) is 6.94. The fourth-order valence-electron chi connectivity index (χ4n) is 1.72. The molecule has 0 aliphatic rings. The number of aryl methyl sites for hydroxylation is 1. The Bertz CT molecular complexity index is 598. The molecule has 0 saturated heterocycles. The minimum atomic E-state index is -0.464. The highest BCUT2D eigenvalue weighted by Gasteiger charge is 2.12. The number of thiophene rings is 1. The molecule has 0 atom stereocenters. The average molecular weight is 297 g/mol. The van der Waals surface area contributed by atoms with Crippen molar-refractivity contribution in [2.45, 2.75) is 20.0 Å². The Balaban J connectivity index is 1.96. The molecule has 0 fully saturated rings. The first-order chi connectivity index (χ1) is 9.06. The summed E-state index contributed by atoms with van der Waals surface area (Å²) < 4.78 is 0. The van der Waals surface area contributed by atoms with Gasteiger partial charge < -0.3 is 5.32 Å². The van der Waals surface area contributed by atoms with E-state index >= 15 is 0 Å². The number of hydrogen-bond donors (Lipinski definition) is 1. The summed E-state index contributed by atoms with van der Waals surface area (Å²) in [4.78, 5) is 12.8. The van der Waals surface area contributed by atoms with Crippen molar-refractivity contribution in [3.05, 3.63) is 60.8 Å². The summed E-state index contributed by atoms with van der Waals surface area (Å²) in [7, 11) is 0. The lowest BCUT2D eigenvalue weighted by Crippen LogP contribution is -2.11. The van der Waals surface area contributed by atoms with E-state index in [1.54, 1.807) is 23.5 Å². The second-order valence-corrected chi connectivity index (χ2v) is 5.94. The number of nitro benzene ring substituents is 1. The minimum Gasteiger partial charge on any atom is -0.308 e. The van der Waals surface area contributed by atoms with E-state index in [2.05, 4.69) is 24.4 Å². The molecule has 0 bridgehead atoms. The third kappa shape index (κ3) is 3.76. The van der Waals surface area contributed by atoms with Crippen LogP contribution in [-0.4, -0.2) is 4.92 Å². The van der Waals surface area contributed by atoms with Gasteiger partial charge in [0.05, 0.1) is 4.92 Å². The normalized spacial score (nSPS) is 10.6. The number of nitro groups is 1. The van der Waals surface area contributed by atoms with Gasteiger partial charge in [-0.1, -0.05) is 17.7 Å². The third-order valence-electron chi connectivity index (χ3n) is 2.63. The number of halogens is 1. The lowest BCUT2D eigenvalue weighted by Gasteiger charge is -2.04. The van der Waals surface area contributed by atoms with Crippen molar-refractivity contribution in [1.82, 2.24) is 5.32 Å². The molecule has 0 radical (unpaired) electrons. The summed E-state index contributed by atoms with van der Waals surface area (Å²) >= 11 is 7.51. The molecule has 1 aromatic carbocycles. The maximum Gasteiger partial charge on any atom is 0.288 e. The molecule has 1 aromatic heterocycles. The Hall–Kier alpha value is -1.43. The van der Waals surface area contributed by atoms with Crippen molar-refractivity contribution in [2.24, 2.45) is 0 Å². The van der Waals surface area contributed by atoms with Gasteiger partial charge in [0.15, 0.2) is 0 Å². The summed E-state index contributed by atoms with van der Waals surface area (Å²) in [6.45, 7) is 3.40. The van der Waals surface area contributed by atoms with Crippen LogP contribution in [0.3, 0.4) is 0 Å². The number of nitrogens with one attached hydrogen (secondary N) is 1. The van der Waals surface area contributed by atoms with E-state index in [1.165, 1.54) is 15.8 Å². The van der Waals surface area contributed by atoms with Crippen LogP contribution in [0.5, 0.6) is 0 Å². The summed E-state index contributed by atoms with van der Waals surface area (Å²) in [6, 6.07) is 9.02. The van der Waals surface area contributed by atoms with Gasteiger partial charge in [-0.15, -0.1) is 11.3 Å². The minimum absolute atomic E-state index is 0.0482. The lowest BCUT2D eigenvalue weighted by atomic mass is 10.2. The van der Waals surface area contributed by atoms with E-state index in [-0.39, 0.29) is 10.7 Å². The van der Waals surface area contributed by atoms with Gasteiger partial charge in [0.25, 0.3) is 5.69 Å². The molecule has 0 spiro atoms. The molecular weight excluding hydrogens is 284 g/mol. The number of nitrogens with zero attached hydrogens (tertiary/aromatic N) is 1. The smallest absolute Gasteiger partial charge is 0.288 e. The van der Waals surface area contributed by atoms with Crippen molar-refractivity contribution >= 4 is 28.6 Å². The van der Waals surface area contributed by atoms with E-state index in [9.17, 15) is 10.1 Å². The molecule has 1 N–H and O–H groups in total. The van der Waals surface area contributed by atoms with Crippen LogP contribution in [0.25, 0.3) is 0 Å². The van der Waals surface area contributed by atoms with Crippen LogP contribution in [0.2, 0.25) is 5.02 Å². The standard InChI is InChI=1S/C13H13ClN2O2S/c1-9-2-4-11(19-9)8-15-7-10-3-5-12(14)13(6-10)16(17)18/h2-6,15H,7-8H2,1H3. The SMILES string of the molecule is Cc1ccc(CNCc2ccc(Cl)c([N+](=O)[O-])c2)s1. The fourth-order valence-corrected chi connectivity index (χ4v) is 2.76. The van der Waals surface area contributed by atoms with E-state index in [1.807, 2.05) is 0 Å². The van der Waals surface area contributed by atoms with Crippen LogP contribution in [0.1, 0.15) is 15.3 Å². The van der Waals surface area contributed by atoms with Crippen LogP contribution in [-0.2, 0) is 13.1 Å². The fraction of sp³-hybridized carbons (Fsp3) is 0.231. The Morgan fingerprint density at radius 3 is 2.74 bits per heavy atom. The largest absolute Gasteiger partial charge is 0.308 e. The van der Waals surface area contributed by atoms with Gasteiger partial charge in [0, 0.05) is 28.9 Å². The molecule has 4 nitrogen and oxygen atoms in total. The van der Waals surface area contributed by atoms with Crippen LogP contribution < -0.4 is 5.32 Å². The summed E-state index contributed by atoms with van der Waals surface area (Å²) in [5.74, 6) is 0. The van der Waals surface area contributed by atoms with Crippen molar-refractivity contribution in [3.63, 3.8) is 0 Å². The average Bonchev–Trinajstić information content (AvgIpc) is 2.77. The van der Waals surface area contributed by atoms with Gasteiger partial charge in [-0.05, 0) is 30.7 Å². The van der Waals surface area contributed by atoms with Crippen LogP contribution in [0.4, 0.5) is 5.69 Å². The summed E-state index contributed by atoms with van der Waals surface area (Å²) in [5, 5.41) is 14.2. The summed E-state index contributed by atoms with van der Waals surface area (Å²) in [6.07, 6.45) is 0. The van der Waals surface area contributed by atoms with Crippen molar-refractivity contribution in [2.75, 3.05) is 0 Å². The van der Waals surface area contributed by atoms with Crippen LogP contribution in [0, 0.1) is 17.0 Å². The predicted molar refractivity (Wildman–Crippen MR) is 77.7 cm³/mol. The van der Waals surface area contributed by atoms with Gasteiger partial charge in [-0.25, -0.2) is 0 Å². The monoisotopic (exact) mass is 296 g/mol. The second kappa shape index (κ2) is 6.14.